The van der Waals surface area contributed by atoms with Crippen molar-refractivity contribution in [2.45, 2.75) is 0 Å². The standard InChI is InChI=1S/C60H41N4Si.C55H39N4Si.2Pt/c1-5-20-44(21-6-1)52-30-13-14-31-53(52)45-38-39-61-60(40-45)64-56-33-16-15-32-54(56)55-37-36-51(42-59(55)64)65(48-25-9-3-10-26-48,49-27-11-4-12-28-49)50-29-19-24-47(41-50)63-43-62(46-22-7-2-8-23-46)57-34-17-18-35-58(57)63;1-57-39-58(53-31-16-15-30-52(53)57)42-20-17-25-45(37-42)60(43-21-7-3-8-22-43,44-23-9-4-10-24-44)46-32-33-50-49-28-13-14-29-51(49)59(54(50)38-46)55-36-41(34-35-56-55)48-27-12-11-26-47(48)40-18-5-2-6-19-40;;/h1-40,43H;2-36,39H,1H3;;/q2*-1;;/i;1D3;;. The topological polar surface area (TPSA) is 55.4 Å². The van der Waals surface area contributed by atoms with E-state index in [0.29, 0.717) is 5.52 Å². The van der Waals surface area contributed by atoms with E-state index < -0.39 is 23.1 Å². The summed E-state index contributed by atoms with van der Waals surface area (Å²) in [6.45, 7) is -2.36. The molecule has 0 spiro atoms. The number of hydrogen-bond donors (Lipinski definition) is 0. The molecule has 0 radical (unpaired) electrons. The fraction of sp³-hybridized carbons (Fsp3) is 0.00870. The van der Waals surface area contributed by atoms with Crippen molar-refractivity contribution in [3.8, 4) is 73.2 Å². The van der Waals surface area contributed by atoms with E-state index in [1.165, 1.54) is 36.4 Å². The molecule has 23 rings (SSSR count). The van der Waals surface area contributed by atoms with Gasteiger partial charge >= 0.3 is 0 Å². The summed E-state index contributed by atoms with van der Waals surface area (Å²) in [5.74, 6) is 1.65. The van der Waals surface area contributed by atoms with E-state index in [1.807, 2.05) is 53.4 Å². The Morgan fingerprint density at radius 2 is 0.583 bits per heavy atom. The number of aromatic nitrogens is 8. The van der Waals surface area contributed by atoms with Gasteiger partial charge in [0.1, 0.15) is 33.5 Å². The average Bonchev–Trinajstić information content (AvgIpc) is 1.38. The quantitative estimate of drug-likeness (QED) is 0.0518. The zero-order valence-corrected chi connectivity index (χ0v) is 75.2. The maximum Gasteiger partial charge on any atom is 0.188 e. The molecule has 8 nitrogen and oxygen atoms in total. The van der Waals surface area contributed by atoms with Gasteiger partial charge in [-0.25, -0.2) is 23.7 Å². The first kappa shape index (κ1) is 77.2. The Labute approximate surface area is 773 Å². The number of fused-ring (bicyclic) bond motifs is 8. The molecule has 0 atom stereocenters. The van der Waals surface area contributed by atoms with Crippen LogP contribution in [0.15, 0.2) is 468 Å². The van der Waals surface area contributed by atoms with E-state index in [2.05, 4.69) is 455 Å². The van der Waals surface area contributed by atoms with Crippen molar-refractivity contribution in [2.24, 2.45) is 6.98 Å². The van der Waals surface area contributed by atoms with E-state index in [-0.39, 0.29) is 42.1 Å². The Kier molecular flexibility index (Phi) is 21.2. The van der Waals surface area contributed by atoms with Crippen LogP contribution in [0, 0.1) is 24.3 Å². The van der Waals surface area contributed by atoms with Gasteiger partial charge in [0, 0.05) is 112 Å². The van der Waals surface area contributed by atoms with Gasteiger partial charge in [0.2, 0.25) is 0 Å². The van der Waals surface area contributed by atoms with E-state index in [9.17, 15) is 0 Å². The minimum atomic E-state index is -3.24. The molecule has 0 N–H and O–H groups in total. The average molecular weight is 2020 g/mol. The normalized spacial score (nSPS) is 12.0. The molecular formula is C115H80N8Pt2Si2-2. The molecule has 0 unspecified atom stereocenters. The van der Waals surface area contributed by atoms with Crippen LogP contribution in [0.25, 0.3) is 139 Å². The largest absolute Gasteiger partial charge is 0.319 e. The number of nitrogens with zero attached hydrogens (tertiary/aromatic N) is 8. The van der Waals surface area contributed by atoms with Crippen LogP contribution < -0.4 is 41.5 Å². The summed E-state index contributed by atoms with van der Waals surface area (Å²) in [5.41, 5.74) is 19.7. The third-order valence-electron chi connectivity index (χ3n) is 24.6. The van der Waals surface area contributed by atoms with E-state index in [1.54, 1.807) is 6.33 Å². The molecule has 0 bridgehead atoms. The van der Waals surface area contributed by atoms with Gasteiger partial charge in [-0.05, 0) is 137 Å². The van der Waals surface area contributed by atoms with E-state index in [0.717, 1.165) is 143 Å². The molecule has 0 aliphatic rings. The molecule has 0 amide bonds. The van der Waals surface area contributed by atoms with Crippen molar-refractivity contribution >= 4 is 123 Å². The molecule has 0 aliphatic carbocycles. The van der Waals surface area contributed by atoms with Crippen LogP contribution >= 0.6 is 0 Å². The summed E-state index contributed by atoms with van der Waals surface area (Å²) in [4.78, 5) is 10.2. The van der Waals surface area contributed by atoms with Crippen molar-refractivity contribution < 1.29 is 46.2 Å². The molecule has 127 heavy (non-hydrogen) atoms. The third kappa shape index (κ3) is 14.3. The van der Waals surface area contributed by atoms with E-state index >= 15 is 0 Å². The molecule has 0 saturated heterocycles. The number of rotatable bonds is 17. The van der Waals surface area contributed by atoms with Gasteiger partial charge in [-0.15, -0.1) is 40.2 Å². The molecule has 6 aromatic heterocycles. The summed E-state index contributed by atoms with van der Waals surface area (Å²) >= 11 is 0. The van der Waals surface area contributed by atoms with Gasteiger partial charge in [0.05, 0.1) is 0 Å². The van der Waals surface area contributed by atoms with Gasteiger partial charge in [0.15, 0.2) is 34.7 Å². The van der Waals surface area contributed by atoms with Crippen molar-refractivity contribution in [2.75, 3.05) is 0 Å². The van der Waals surface area contributed by atoms with Crippen LogP contribution in [0.1, 0.15) is 4.11 Å². The number of aryl methyl sites for hydroxylation is 1. The van der Waals surface area contributed by atoms with Crippen LogP contribution in [0.4, 0.5) is 0 Å². The second-order valence-corrected chi connectivity index (χ2v) is 39.0. The minimum absolute atomic E-state index is 0. The third-order valence-corrected chi connectivity index (χ3v) is 33.8. The number of pyridine rings is 2. The van der Waals surface area contributed by atoms with Crippen LogP contribution in [0.3, 0.4) is 0 Å². The predicted octanol–water partition coefficient (Wildman–Crippen LogP) is 21.6. The molecule has 12 heteroatoms. The Bertz CT molecular complexity index is 7990. The van der Waals surface area contributed by atoms with Crippen molar-refractivity contribution in [1.82, 2.24) is 37.4 Å². The summed E-state index contributed by atoms with van der Waals surface area (Å²) < 4.78 is 37.5. The zero-order valence-electron chi connectivity index (χ0n) is 71.7. The summed E-state index contributed by atoms with van der Waals surface area (Å²) in [7, 11) is -6.39. The smallest absolute Gasteiger partial charge is 0.188 e. The minimum Gasteiger partial charge on any atom is -0.319 e. The van der Waals surface area contributed by atoms with E-state index in [4.69, 9.17) is 14.1 Å². The maximum atomic E-state index is 8.36. The first-order chi connectivity index (χ1) is 63.1. The number of benzene rings is 17. The zero-order chi connectivity index (χ0) is 85.7. The Morgan fingerprint density at radius 3 is 0.992 bits per heavy atom. The number of imidazole rings is 2. The SMILES string of the molecule is [2H]C([2H])([2H])n1[cH+]n(-c2[c-]c([Si](c3[c-]c4c(cc3)c3ccccc3n4-c3cc(-c4ccccc4-c4ccccc4)ccn3)(c3ccccc3)c3ccccc3)ccc2)c2ccccc21.[Pt].[Pt].[c-]1c(-n2[cH+]n(-c3ccccc3)c3ccccc32)cccc1[Si](c1[c-]c2c(cc1)c1ccccc1n2-c1cc(-c2ccccc2-c2ccccc2)ccn1)(c1ccccc1)c1ccccc1. The van der Waals surface area contributed by atoms with Gasteiger partial charge in [-0.1, -0.05) is 308 Å². The Morgan fingerprint density at radius 1 is 0.260 bits per heavy atom. The van der Waals surface area contributed by atoms with Gasteiger partial charge in [-0.2, -0.15) is 80.8 Å². The molecule has 0 fully saturated rings. The summed E-state index contributed by atoms with van der Waals surface area (Å²) in [5, 5.41) is 13.7. The van der Waals surface area contributed by atoms with Crippen LogP contribution in [-0.4, -0.2) is 53.5 Å². The fourth-order valence-corrected chi connectivity index (χ4v) is 28.1. The van der Waals surface area contributed by atoms with Crippen LogP contribution in [-0.2, 0) is 49.1 Å². The first-order valence-electron chi connectivity index (χ1n) is 43.7. The monoisotopic (exact) mass is 2020 g/mol. The van der Waals surface area contributed by atoms with Gasteiger partial charge < -0.3 is 9.13 Å². The molecule has 0 saturated carbocycles. The van der Waals surface area contributed by atoms with Gasteiger partial charge in [-0.3, -0.25) is 0 Å². The van der Waals surface area contributed by atoms with Gasteiger partial charge in [0.25, 0.3) is 0 Å². The number of hydrogen-bond acceptors (Lipinski definition) is 2. The molecule has 6 heterocycles. The maximum absolute atomic E-state index is 8.36. The molecule has 17 aromatic carbocycles. The predicted molar refractivity (Wildman–Crippen MR) is 522 cm³/mol. The van der Waals surface area contributed by atoms with Crippen LogP contribution in [0.2, 0.25) is 0 Å². The Balaban J connectivity index is 0.000000160. The summed E-state index contributed by atoms with van der Waals surface area (Å²) in [6, 6.07) is 173. The summed E-state index contributed by atoms with van der Waals surface area (Å²) in [6.07, 6.45) is 7.72. The van der Waals surface area contributed by atoms with Crippen molar-refractivity contribution in [3.63, 3.8) is 0 Å². The first-order valence-corrected chi connectivity index (χ1v) is 46.2. The fourth-order valence-electron chi connectivity index (χ4n) is 19.0. The van der Waals surface area contributed by atoms with Crippen LogP contribution in [0.5, 0.6) is 0 Å². The second-order valence-electron chi connectivity index (χ2n) is 31.5. The molecular weight excluding hydrogens is 1940 g/mol. The molecule has 23 aromatic rings. The second kappa shape index (κ2) is 34.8. The Hall–Kier alpha value is -14.6. The molecule has 610 valence electrons. The molecule has 0 aliphatic heterocycles. The van der Waals surface area contributed by atoms with Crippen molar-refractivity contribution in [1.29, 1.82) is 0 Å². The number of para-hydroxylation sites is 7. The van der Waals surface area contributed by atoms with Crippen molar-refractivity contribution in [3.05, 3.63) is 492 Å².